The summed E-state index contributed by atoms with van der Waals surface area (Å²) in [7, 11) is 3.15. The van der Waals surface area contributed by atoms with E-state index < -0.39 is 0 Å². The molecule has 0 aliphatic heterocycles. The number of nitrogens with one attached hydrogen (secondary N) is 2. The van der Waals surface area contributed by atoms with Gasteiger partial charge < -0.3 is 24.8 Å². The van der Waals surface area contributed by atoms with Crippen molar-refractivity contribution >= 4 is 51.4 Å². The van der Waals surface area contributed by atoms with E-state index >= 15 is 0 Å². The molecule has 184 valence electrons. The van der Waals surface area contributed by atoms with Gasteiger partial charge in [-0.25, -0.2) is 0 Å². The molecule has 1 aliphatic carbocycles. The van der Waals surface area contributed by atoms with Crippen LogP contribution in [0.3, 0.4) is 0 Å². The number of anilines is 1. The average Bonchev–Trinajstić information content (AvgIpc) is 2.85. The number of thiocarbonyl (C=S) groups is 1. The molecule has 3 aromatic rings. The molecule has 0 saturated heterocycles. The zero-order chi connectivity index (χ0) is 25.0. The van der Waals surface area contributed by atoms with Crippen LogP contribution in [0.1, 0.15) is 39.0 Å². The first-order valence-electron chi connectivity index (χ1n) is 11.4. The van der Waals surface area contributed by atoms with Gasteiger partial charge in [0.2, 0.25) is 5.91 Å². The number of hydrogen-bond donors (Lipinski definition) is 2. The number of carbonyl (C=O) groups is 1. The van der Waals surface area contributed by atoms with Gasteiger partial charge in [0.25, 0.3) is 0 Å². The lowest BCUT2D eigenvalue weighted by atomic mass is 9.75. The average molecular weight is 514 g/mol. The summed E-state index contributed by atoms with van der Waals surface area (Å²) in [6, 6.07) is 10.6. The van der Waals surface area contributed by atoms with Crippen molar-refractivity contribution in [1.29, 1.82) is 0 Å². The Balaban J connectivity index is 1.47. The Kier molecular flexibility index (Phi) is 7.62. The summed E-state index contributed by atoms with van der Waals surface area (Å²) >= 11 is 11.9. The van der Waals surface area contributed by atoms with Gasteiger partial charge in [-0.15, -0.1) is 0 Å². The molecule has 0 bridgehead atoms. The summed E-state index contributed by atoms with van der Waals surface area (Å²) < 4.78 is 16.9. The van der Waals surface area contributed by atoms with E-state index in [0.717, 1.165) is 31.1 Å². The molecule has 1 fully saturated rings. The van der Waals surface area contributed by atoms with Crippen molar-refractivity contribution in [3.8, 4) is 23.0 Å². The lowest BCUT2D eigenvalue weighted by Gasteiger charge is -2.32. The SMILES string of the molecule is COc1cc2nccc(Oc3ccc(NC(=S)NC(=O)C4(C)CCCCC4)cc3Cl)c2cc1OC. The largest absolute Gasteiger partial charge is 0.493 e. The van der Waals surface area contributed by atoms with Gasteiger partial charge in [-0.05, 0) is 55.4 Å². The number of aromatic nitrogens is 1. The van der Waals surface area contributed by atoms with Gasteiger partial charge in [0.1, 0.15) is 11.5 Å². The lowest BCUT2D eigenvalue weighted by Crippen LogP contribution is -2.44. The molecular formula is C26H28ClN3O4S. The fraction of sp³-hybridized carbons (Fsp3) is 0.346. The van der Waals surface area contributed by atoms with Crippen LogP contribution in [0.2, 0.25) is 5.02 Å². The molecule has 1 aliphatic rings. The third kappa shape index (κ3) is 5.60. The molecule has 4 rings (SSSR count). The van der Waals surface area contributed by atoms with E-state index in [0.29, 0.717) is 39.2 Å². The predicted octanol–water partition coefficient (Wildman–Crippen LogP) is 6.48. The van der Waals surface area contributed by atoms with Crippen LogP contribution in [0.4, 0.5) is 5.69 Å². The van der Waals surface area contributed by atoms with Crippen molar-refractivity contribution in [1.82, 2.24) is 10.3 Å². The van der Waals surface area contributed by atoms with E-state index in [-0.39, 0.29) is 16.4 Å². The molecule has 2 aromatic carbocycles. The number of nitrogens with zero attached hydrogens (tertiary/aromatic N) is 1. The molecule has 1 amide bonds. The molecule has 0 radical (unpaired) electrons. The molecule has 1 heterocycles. The summed E-state index contributed by atoms with van der Waals surface area (Å²) in [5.41, 5.74) is 0.967. The van der Waals surface area contributed by atoms with Crippen LogP contribution in [-0.2, 0) is 4.79 Å². The van der Waals surface area contributed by atoms with Gasteiger partial charge in [0.15, 0.2) is 16.6 Å². The van der Waals surface area contributed by atoms with E-state index in [1.807, 2.05) is 13.0 Å². The highest BCUT2D eigenvalue weighted by Crippen LogP contribution is 2.39. The molecule has 1 saturated carbocycles. The van der Waals surface area contributed by atoms with E-state index in [1.165, 1.54) is 6.42 Å². The van der Waals surface area contributed by atoms with Crippen molar-refractivity contribution in [2.45, 2.75) is 39.0 Å². The molecule has 0 unspecified atom stereocenters. The zero-order valence-electron chi connectivity index (χ0n) is 19.9. The lowest BCUT2D eigenvalue weighted by molar-refractivity contribution is -0.130. The first kappa shape index (κ1) is 25.0. The molecule has 0 spiro atoms. The molecule has 2 N–H and O–H groups in total. The van der Waals surface area contributed by atoms with Crippen LogP contribution in [0.25, 0.3) is 10.9 Å². The Morgan fingerprint density at radius 2 is 1.71 bits per heavy atom. The second-order valence-corrected chi connectivity index (χ2v) is 9.63. The van der Waals surface area contributed by atoms with E-state index in [4.69, 9.17) is 38.0 Å². The first-order valence-corrected chi connectivity index (χ1v) is 12.2. The number of pyridine rings is 1. The monoisotopic (exact) mass is 513 g/mol. The van der Waals surface area contributed by atoms with Crippen molar-refractivity contribution in [2.24, 2.45) is 5.41 Å². The molecule has 1 aromatic heterocycles. The first-order chi connectivity index (χ1) is 16.8. The number of hydrogen-bond acceptors (Lipinski definition) is 6. The quantitative estimate of drug-likeness (QED) is 0.365. The summed E-state index contributed by atoms with van der Waals surface area (Å²) in [6.45, 7) is 2.00. The van der Waals surface area contributed by atoms with Crippen molar-refractivity contribution < 1.29 is 19.0 Å². The number of halogens is 1. The van der Waals surface area contributed by atoms with Crippen LogP contribution in [0.5, 0.6) is 23.0 Å². The fourth-order valence-electron chi connectivity index (χ4n) is 4.29. The second kappa shape index (κ2) is 10.7. The van der Waals surface area contributed by atoms with Gasteiger partial charge in [0.05, 0.1) is 24.8 Å². The Hall–Kier alpha value is -3.10. The van der Waals surface area contributed by atoms with E-state index in [1.54, 1.807) is 50.7 Å². The topological polar surface area (TPSA) is 81.7 Å². The van der Waals surface area contributed by atoms with Crippen molar-refractivity contribution in [2.75, 3.05) is 19.5 Å². The molecule has 7 nitrogen and oxygen atoms in total. The van der Waals surface area contributed by atoms with Crippen LogP contribution in [0, 0.1) is 5.41 Å². The highest BCUT2D eigenvalue weighted by molar-refractivity contribution is 7.80. The summed E-state index contributed by atoms with van der Waals surface area (Å²) in [6.07, 6.45) is 6.71. The third-order valence-electron chi connectivity index (χ3n) is 6.35. The maximum Gasteiger partial charge on any atom is 0.232 e. The van der Waals surface area contributed by atoms with Gasteiger partial charge in [-0.3, -0.25) is 9.78 Å². The van der Waals surface area contributed by atoms with Crippen LogP contribution >= 0.6 is 23.8 Å². The van der Waals surface area contributed by atoms with Crippen molar-refractivity contribution in [3.05, 3.63) is 47.6 Å². The van der Waals surface area contributed by atoms with Crippen LogP contribution < -0.4 is 24.8 Å². The Labute approximate surface area is 215 Å². The maximum atomic E-state index is 12.7. The molecular weight excluding hydrogens is 486 g/mol. The number of ether oxygens (including phenoxy) is 3. The maximum absolute atomic E-state index is 12.7. The zero-order valence-corrected chi connectivity index (χ0v) is 21.5. The fourth-order valence-corrected chi connectivity index (χ4v) is 4.72. The van der Waals surface area contributed by atoms with Gasteiger partial charge >= 0.3 is 0 Å². The van der Waals surface area contributed by atoms with E-state index in [9.17, 15) is 4.79 Å². The Bertz CT molecular complexity index is 1260. The number of benzene rings is 2. The van der Waals surface area contributed by atoms with Gasteiger partial charge in [-0.2, -0.15) is 0 Å². The number of methoxy groups -OCH3 is 2. The minimum Gasteiger partial charge on any atom is -0.493 e. The summed E-state index contributed by atoms with van der Waals surface area (Å²) in [4.78, 5) is 17.1. The second-order valence-electron chi connectivity index (χ2n) is 8.81. The third-order valence-corrected chi connectivity index (χ3v) is 6.85. The number of amides is 1. The van der Waals surface area contributed by atoms with Crippen LogP contribution in [-0.4, -0.2) is 30.2 Å². The van der Waals surface area contributed by atoms with Gasteiger partial charge in [-0.1, -0.05) is 37.8 Å². The number of carbonyl (C=O) groups excluding carboxylic acids is 1. The predicted molar refractivity (Wildman–Crippen MR) is 142 cm³/mol. The summed E-state index contributed by atoms with van der Waals surface area (Å²) in [5.74, 6) is 2.14. The highest BCUT2D eigenvalue weighted by Gasteiger charge is 2.34. The standard InChI is InChI=1S/C26H28ClN3O4S/c1-26(10-5-4-6-11-26)24(31)30-25(35)29-16-7-8-21(18(27)13-16)34-20-9-12-28-19-15-23(33-3)22(32-2)14-17(19)20/h7-9,12-15H,4-6,10-11H2,1-3H3,(H2,29,30,31,35). The Morgan fingerprint density at radius 3 is 2.40 bits per heavy atom. The molecule has 9 heteroatoms. The number of fused-ring (bicyclic) bond motifs is 1. The minimum absolute atomic E-state index is 0.0441. The highest BCUT2D eigenvalue weighted by atomic mass is 35.5. The van der Waals surface area contributed by atoms with E-state index in [2.05, 4.69) is 15.6 Å². The number of rotatable bonds is 6. The smallest absolute Gasteiger partial charge is 0.232 e. The minimum atomic E-state index is -0.376. The van der Waals surface area contributed by atoms with Gasteiger partial charge in [0, 0.05) is 28.8 Å². The molecule has 35 heavy (non-hydrogen) atoms. The summed E-state index contributed by atoms with van der Waals surface area (Å²) in [5, 5.41) is 7.25. The molecule has 0 atom stereocenters. The normalized spacial score (nSPS) is 14.7. The van der Waals surface area contributed by atoms with Crippen molar-refractivity contribution in [3.63, 3.8) is 0 Å². The van der Waals surface area contributed by atoms with Crippen LogP contribution in [0.15, 0.2) is 42.6 Å². The Morgan fingerprint density at radius 1 is 1.00 bits per heavy atom.